The highest BCUT2D eigenvalue weighted by Gasteiger charge is 2.33. The Labute approximate surface area is 166 Å². The number of halogens is 2. The van der Waals surface area contributed by atoms with E-state index in [4.69, 9.17) is 0 Å². The summed E-state index contributed by atoms with van der Waals surface area (Å²) >= 11 is 0. The summed E-state index contributed by atoms with van der Waals surface area (Å²) in [5.41, 5.74) is -0.420. The van der Waals surface area contributed by atoms with Gasteiger partial charge in [0.15, 0.2) is 5.78 Å². The minimum atomic E-state index is -1.36. The summed E-state index contributed by atoms with van der Waals surface area (Å²) in [4.78, 5) is 40.9. The van der Waals surface area contributed by atoms with Crippen molar-refractivity contribution in [2.24, 2.45) is 0 Å². The van der Waals surface area contributed by atoms with Gasteiger partial charge in [-0.15, -0.1) is 12.4 Å². The predicted octanol–water partition coefficient (Wildman–Crippen LogP) is 2.16. The Morgan fingerprint density at radius 1 is 1.21 bits per heavy atom. The Kier molecular flexibility index (Phi) is 5.20. The normalized spacial score (nSPS) is 19.6. The molecule has 1 N–H and O–H groups in total. The minimum absolute atomic E-state index is 0. The van der Waals surface area contributed by atoms with E-state index >= 15 is 4.39 Å². The van der Waals surface area contributed by atoms with Gasteiger partial charge in [0.1, 0.15) is 11.4 Å². The zero-order valence-electron chi connectivity index (χ0n) is 15.6. The predicted molar refractivity (Wildman–Crippen MR) is 106 cm³/mol. The summed E-state index contributed by atoms with van der Waals surface area (Å²) in [6.45, 7) is 4.42. The Bertz CT molecular complexity index is 1040. The maximum atomic E-state index is 15.1. The lowest BCUT2D eigenvalue weighted by atomic mass is 9.92. The number of carbonyl (C=O) groups is 2. The van der Waals surface area contributed by atoms with Crippen LogP contribution in [0.2, 0.25) is 0 Å². The van der Waals surface area contributed by atoms with Gasteiger partial charge in [-0.05, 0) is 20.0 Å². The molecule has 9 heteroatoms. The fourth-order valence-corrected chi connectivity index (χ4v) is 4.05. The van der Waals surface area contributed by atoms with E-state index in [2.05, 4.69) is 4.90 Å². The van der Waals surface area contributed by atoms with Gasteiger partial charge < -0.3 is 19.5 Å². The number of carboxylic acid groups (broad SMARTS) is 1. The molecule has 0 spiro atoms. The monoisotopic (exact) mass is 409 g/mol. The Morgan fingerprint density at radius 3 is 2.46 bits per heavy atom. The van der Waals surface area contributed by atoms with Crippen LogP contribution in [-0.4, -0.2) is 59.6 Å². The number of aromatic nitrogens is 1. The molecule has 2 aliphatic heterocycles. The van der Waals surface area contributed by atoms with E-state index in [9.17, 15) is 19.5 Å². The molecule has 0 amide bonds. The molecule has 1 unspecified atom stereocenters. The minimum Gasteiger partial charge on any atom is -0.477 e. The molecule has 1 atom stereocenters. The third-order valence-electron chi connectivity index (χ3n) is 5.53. The van der Waals surface area contributed by atoms with Crippen molar-refractivity contribution in [1.82, 2.24) is 9.47 Å². The number of aromatic carboxylic acids is 1. The third kappa shape index (κ3) is 2.97. The molecular formula is C19H21ClFN3O4. The van der Waals surface area contributed by atoms with Crippen LogP contribution in [-0.2, 0) is 0 Å². The number of ketones is 1. The Morgan fingerprint density at radius 2 is 1.86 bits per heavy atom. The molecule has 2 aliphatic rings. The average Bonchev–Trinajstić information content (AvgIpc) is 2.61. The second-order valence-corrected chi connectivity index (χ2v) is 7.33. The Hall–Kier alpha value is -2.45. The lowest BCUT2D eigenvalue weighted by Crippen LogP contribution is -2.45. The van der Waals surface area contributed by atoms with E-state index in [1.54, 1.807) is 11.5 Å². The number of carboxylic acids is 1. The SMILES string of the molecule is CC1CC(=O)c2c(N3CCN(C)CC3)c(F)cc3c(=O)c(C(=O)O)cn1c23.Cl. The molecule has 0 radical (unpaired) electrons. The molecule has 3 heterocycles. The van der Waals surface area contributed by atoms with Crippen LogP contribution in [0.15, 0.2) is 17.1 Å². The summed E-state index contributed by atoms with van der Waals surface area (Å²) in [7, 11) is 1.98. The van der Waals surface area contributed by atoms with Crippen molar-refractivity contribution in [3.8, 4) is 0 Å². The summed E-state index contributed by atoms with van der Waals surface area (Å²) in [6, 6.07) is 0.778. The van der Waals surface area contributed by atoms with Crippen LogP contribution in [0.5, 0.6) is 0 Å². The topological polar surface area (TPSA) is 82.8 Å². The van der Waals surface area contributed by atoms with Crippen molar-refractivity contribution in [2.75, 3.05) is 38.1 Å². The van der Waals surface area contributed by atoms with Crippen LogP contribution in [0.4, 0.5) is 10.1 Å². The number of rotatable bonds is 2. The lowest BCUT2D eigenvalue weighted by Gasteiger charge is -2.36. The first-order chi connectivity index (χ1) is 12.8. The molecule has 0 aliphatic carbocycles. The van der Waals surface area contributed by atoms with E-state index in [0.29, 0.717) is 18.6 Å². The highest BCUT2D eigenvalue weighted by Crippen LogP contribution is 2.38. The van der Waals surface area contributed by atoms with Gasteiger partial charge in [0.25, 0.3) is 0 Å². The Balaban J connectivity index is 0.00000225. The van der Waals surface area contributed by atoms with Crippen molar-refractivity contribution in [2.45, 2.75) is 19.4 Å². The first-order valence-corrected chi connectivity index (χ1v) is 8.91. The van der Waals surface area contributed by atoms with Crippen LogP contribution in [0.25, 0.3) is 10.9 Å². The number of nitrogens with zero attached hydrogens (tertiary/aromatic N) is 3. The van der Waals surface area contributed by atoms with E-state index < -0.39 is 22.8 Å². The molecule has 1 fully saturated rings. The maximum absolute atomic E-state index is 15.1. The van der Waals surface area contributed by atoms with Gasteiger partial charge in [0.2, 0.25) is 5.43 Å². The number of piperazine rings is 1. The molecule has 4 rings (SSSR count). The van der Waals surface area contributed by atoms with E-state index in [1.807, 2.05) is 11.9 Å². The number of hydrogen-bond acceptors (Lipinski definition) is 5. The molecule has 2 aromatic rings. The molecular weight excluding hydrogens is 389 g/mol. The summed E-state index contributed by atoms with van der Waals surface area (Å²) in [6.07, 6.45) is 1.41. The zero-order valence-corrected chi connectivity index (χ0v) is 16.4. The van der Waals surface area contributed by atoms with Crippen LogP contribution < -0.4 is 10.3 Å². The van der Waals surface area contributed by atoms with Crippen molar-refractivity contribution >= 4 is 40.7 Å². The standard InChI is InChI=1S/C19H20FN3O4.ClH/c1-10-7-14(24)15-16-11(18(25)12(19(26)27)9-23(10)16)8-13(20)17(15)22-5-3-21(2)4-6-22;/h8-10H,3-7H2,1-2H3,(H,26,27);1H. The molecule has 1 aromatic heterocycles. The van der Waals surface area contributed by atoms with Crippen LogP contribution in [0, 0.1) is 5.82 Å². The lowest BCUT2D eigenvalue weighted by molar-refractivity contribution is 0.0694. The van der Waals surface area contributed by atoms with Gasteiger partial charge in [-0.3, -0.25) is 9.59 Å². The highest BCUT2D eigenvalue weighted by molar-refractivity contribution is 6.13. The molecule has 150 valence electrons. The van der Waals surface area contributed by atoms with Crippen LogP contribution in [0.3, 0.4) is 0 Å². The first kappa shape index (κ1) is 20.3. The van der Waals surface area contributed by atoms with Gasteiger partial charge in [0, 0.05) is 44.8 Å². The fraction of sp³-hybridized carbons (Fsp3) is 0.421. The third-order valence-corrected chi connectivity index (χ3v) is 5.53. The number of pyridine rings is 1. The van der Waals surface area contributed by atoms with Crippen molar-refractivity contribution in [3.63, 3.8) is 0 Å². The number of hydrogen-bond donors (Lipinski definition) is 1. The molecule has 7 nitrogen and oxygen atoms in total. The zero-order chi connectivity index (χ0) is 19.5. The molecule has 28 heavy (non-hydrogen) atoms. The summed E-state index contributed by atoms with van der Waals surface area (Å²) < 4.78 is 16.7. The number of Topliss-reactive ketones (excluding diaryl/α,β-unsaturated/α-hetero) is 1. The number of anilines is 1. The van der Waals surface area contributed by atoms with Gasteiger partial charge in [-0.2, -0.15) is 0 Å². The fourth-order valence-electron chi connectivity index (χ4n) is 4.05. The largest absolute Gasteiger partial charge is 0.477 e. The number of benzene rings is 1. The quantitative estimate of drug-likeness (QED) is 0.818. The smallest absolute Gasteiger partial charge is 0.341 e. The van der Waals surface area contributed by atoms with Gasteiger partial charge in [-0.25, -0.2) is 9.18 Å². The summed E-state index contributed by atoms with van der Waals surface area (Å²) in [5.74, 6) is -2.24. The van der Waals surface area contributed by atoms with Crippen molar-refractivity contribution in [3.05, 3.63) is 39.4 Å². The molecule has 1 aromatic carbocycles. The van der Waals surface area contributed by atoms with Crippen molar-refractivity contribution in [1.29, 1.82) is 0 Å². The molecule has 1 saturated heterocycles. The first-order valence-electron chi connectivity index (χ1n) is 8.91. The van der Waals surface area contributed by atoms with Gasteiger partial charge >= 0.3 is 5.97 Å². The number of carbonyl (C=O) groups excluding carboxylic acids is 1. The molecule has 0 saturated carbocycles. The van der Waals surface area contributed by atoms with Crippen molar-refractivity contribution < 1.29 is 19.1 Å². The van der Waals surface area contributed by atoms with Crippen LogP contribution in [0.1, 0.15) is 40.1 Å². The average molecular weight is 410 g/mol. The number of likely N-dealkylation sites (N-methyl/N-ethyl adjacent to an activating group) is 1. The highest BCUT2D eigenvalue weighted by atomic mass is 35.5. The second kappa shape index (κ2) is 7.18. The maximum Gasteiger partial charge on any atom is 0.341 e. The summed E-state index contributed by atoms with van der Waals surface area (Å²) in [5, 5.41) is 9.28. The molecule has 0 bridgehead atoms. The van der Waals surface area contributed by atoms with Crippen LogP contribution >= 0.6 is 12.4 Å². The van der Waals surface area contributed by atoms with E-state index in [1.165, 1.54) is 6.20 Å². The van der Waals surface area contributed by atoms with E-state index in [0.717, 1.165) is 19.2 Å². The second-order valence-electron chi connectivity index (χ2n) is 7.33. The van der Waals surface area contributed by atoms with Gasteiger partial charge in [0.05, 0.1) is 22.2 Å². The van der Waals surface area contributed by atoms with Gasteiger partial charge in [-0.1, -0.05) is 0 Å². The van der Waals surface area contributed by atoms with E-state index in [-0.39, 0.29) is 47.3 Å².